The fourth-order valence-corrected chi connectivity index (χ4v) is 4.04. The van der Waals surface area contributed by atoms with Crippen LogP contribution in [0.15, 0.2) is 29.2 Å². The summed E-state index contributed by atoms with van der Waals surface area (Å²) < 4.78 is 22.3. The number of anilines is 1. The standard InChI is InChI=1S/C14H18N2O3S/c15-20(18,19)12-5-3-11(4-6-12)16-14(17)13-8-9-1-2-10(13)7-9/h3-6,9-10,13H,1-2,7-8H2,(H,16,17)(H2,15,18,19). The number of benzene rings is 1. The summed E-state index contributed by atoms with van der Waals surface area (Å²) in [4.78, 5) is 12.3. The van der Waals surface area contributed by atoms with Crippen molar-refractivity contribution < 1.29 is 13.2 Å². The molecule has 2 aliphatic carbocycles. The Hall–Kier alpha value is -1.40. The fourth-order valence-electron chi connectivity index (χ4n) is 3.53. The van der Waals surface area contributed by atoms with E-state index in [4.69, 9.17) is 5.14 Å². The van der Waals surface area contributed by atoms with Gasteiger partial charge < -0.3 is 5.32 Å². The Morgan fingerprint density at radius 3 is 2.35 bits per heavy atom. The number of carbonyl (C=O) groups excluding carboxylic acids is 1. The predicted molar refractivity (Wildman–Crippen MR) is 75.4 cm³/mol. The van der Waals surface area contributed by atoms with Crippen molar-refractivity contribution in [3.05, 3.63) is 24.3 Å². The minimum absolute atomic E-state index is 0.0513. The molecule has 1 aromatic carbocycles. The number of carbonyl (C=O) groups is 1. The molecule has 0 spiro atoms. The van der Waals surface area contributed by atoms with Crippen LogP contribution in [0.25, 0.3) is 0 Å². The first-order valence-corrected chi connectivity index (χ1v) is 8.42. The Morgan fingerprint density at radius 2 is 1.85 bits per heavy atom. The Labute approximate surface area is 118 Å². The molecule has 0 heterocycles. The summed E-state index contributed by atoms with van der Waals surface area (Å²) in [6.07, 6.45) is 4.60. The van der Waals surface area contributed by atoms with Gasteiger partial charge in [0.25, 0.3) is 0 Å². The van der Waals surface area contributed by atoms with E-state index in [1.165, 1.54) is 25.0 Å². The third-order valence-electron chi connectivity index (χ3n) is 4.53. The second-order valence-corrected chi connectivity index (χ2v) is 7.40. The number of fused-ring (bicyclic) bond motifs is 2. The van der Waals surface area contributed by atoms with Crippen molar-refractivity contribution in [3.63, 3.8) is 0 Å². The maximum absolute atomic E-state index is 12.2. The third-order valence-corrected chi connectivity index (χ3v) is 5.45. The highest BCUT2D eigenvalue weighted by Gasteiger charge is 2.42. The minimum atomic E-state index is -3.68. The van der Waals surface area contributed by atoms with E-state index in [1.54, 1.807) is 12.1 Å². The first-order chi connectivity index (χ1) is 9.43. The van der Waals surface area contributed by atoms with Gasteiger partial charge in [-0.1, -0.05) is 6.42 Å². The summed E-state index contributed by atoms with van der Waals surface area (Å²) in [7, 11) is -3.68. The van der Waals surface area contributed by atoms with E-state index >= 15 is 0 Å². The molecule has 0 aromatic heterocycles. The molecule has 3 rings (SSSR count). The Morgan fingerprint density at radius 1 is 1.15 bits per heavy atom. The molecule has 3 atom stereocenters. The van der Waals surface area contributed by atoms with E-state index in [-0.39, 0.29) is 16.7 Å². The van der Waals surface area contributed by atoms with E-state index < -0.39 is 10.0 Å². The number of primary sulfonamides is 1. The second-order valence-electron chi connectivity index (χ2n) is 5.84. The van der Waals surface area contributed by atoms with Crippen LogP contribution in [0.1, 0.15) is 25.7 Å². The molecule has 2 fully saturated rings. The van der Waals surface area contributed by atoms with E-state index in [2.05, 4.69) is 5.32 Å². The molecule has 2 aliphatic rings. The molecule has 3 unspecified atom stereocenters. The van der Waals surface area contributed by atoms with Crippen LogP contribution in [0.3, 0.4) is 0 Å². The van der Waals surface area contributed by atoms with Gasteiger partial charge in [-0.2, -0.15) is 0 Å². The van der Waals surface area contributed by atoms with Crippen molar-refractivity contribution >= 4 is 21.6 Å². The largest absolute Gasteiger partial charge is 0.326 e. The van der Waals surface area contributed by atoms with E-state index in [0.29, 0.717) is 11.6 Å². The Balaban J connectivity index is 1.67. The van der Waals surface area contributed by atoms with Crippen LogP contribution >= 0.6 is 0 Å². The average molecular weight is 294 g/mol. The molecule has 0 saturated heterocycles. The number of nitrogens with two attached hydrogens (primary N) is 1. The molecule has 3 N–H and O–H groups in total. The van der Waals surface area contributed by atoms with Crippen LogP contribution in [0.2, 0.25) is 0 Å². The number of rotatable bonds is 3. The molecule has 6 heteroatoms. The zero-order valence-electron chi connectivity index (χ0n) is 11.1. The number of nitrogens with one attached hydrogen (secondary N) is 1. The molecular weight excluding hydrogens is 276 g/mol. The van der Waals surface area contributed by atoms with Crippen molar-refractivity contribution in [2.24, 2.45) is 22.9 Å². The van der Waals surface area contributed by atoms with E-state index in [1.807, 2.05) is 0 Å². The van der Waals surface area contributed by atoms with Crippen molar-refractivity contribution in [2.75, 3.05) is 5.32 Å². The molecule has 2 bridgehead atoms. The summed E-state index contributed by atoms with van der Waals surface area (Å²) in [5, 5.41) is 7.91. The molecular formula is C14H18N2O3S. The number of sulfonamides is 1. The number of amides is 1. The first-order valence-electron chi connectivity index (χ1n) is 6.87. The first kappa shape index (κ1) is 13.6. The number of hydrogen-bond donors (Lipinski definition) is 2. The van der Waals surface area contributed by atoms with Gasteiger partial charge in [0.05, 0.1) is 4.90 Å². The van der Waals surface area contributed by atoms with Gasteiger partial charge in [-0.3, -0.25) is 4.79 Å². The van der Waals surface area contributed by atoms with Gasteiger partial charge >= 0.3 is 0 Å². The summed E-state index contributed by atoms with van der Waals surface area (Å²) in [5.41, 5.74) is 0.616. The molecule has 5 nitrogen and oxygen atoms in total. The monoisotopic (exact) mass is 294 g/mol. The summed E-state index contributed by atoms with van der Waals surface area (Å²) in [6, 6.07) is 5.97. The highest BCUT2D eigenvalue weighted by atomic mass is 32.2. The summed E-state index contributed by atoms with van der Waals surface area (Å²) in [6.45, 7) is 0. The van der Waals surface area contributed by atoms with Crippen LogP contribution in [-0.4, -0.2) is 14.3 Å². The van der Waals surface area contributed by atoms with Crippen molar-refractivity contribution in [2.45, 2.75) is 30.6 Å². The Bertz CT molecular complexity index is 624. The zero-order valence-corrected chi connectivity index (χ0v) is 11.9. The van der Waals surface area contributed by atoms with Gasteiger partial charge in [0.15, 0.2) is 0 Å². The molecule has 2 saturated carbocycles. The summed E-state index contributed by atoms with van der Waals surface area (Å²) >= 11 is 0. The third kappa shape index (κ3) is 2.58. The maximum atomic E-state index is 12.2. The van der Waals surface area contributed by atoms with Crippen LogP contribution in [0.5, 0.6) is 0 Å². The van der Waals surface area contributed by atoms with Crippen molar-refractivity contribution in [1.82, 2.24) is 0 Å². The second kappa shape index (κ2) is 4.86. The normalized spacial score (nSPS) is 28.6. The van der Waals surface area contributed by atoms with Crippen LogP contribution < -0.4 is 10.5 Å². The van der Waals surface area contributed by atoms with Crippen LogP contribution in [0, 0.1) is 17.8 Å². The van der Waals surface area contributed by atoms with Crippen LogP contribution in [-0.2, 0) is 14.8 Å². The van der Waals surface area contributed by atoms with Crippen molar-refractivity contribution in [1.29, 1.82) is 0 Å². The lowest BCUT2D eigenvalue weighted by Gasteiger charge is -2.20. The highest BCUT2D eigenvalue weighted by molar-refractivity contribution is 7.89. The SMILES string of the molecule is NS(=O)(=O)c1ccc(NC(=O)C2CC3CCC2C3)cc1. The van der Waals surface area contributed by atoms with Gasteiger partial charge in [0.1, 0.15) is 0 Å². The molecule has 0 radical (unpaired) electrons. The van der Waals surface area contributed by atoms with E-state index in [0.717, 1.165) is 18.8 Å². The fraction of sp³-hybridized carbons (Fsp3) is 0.500. The lowest BCUT2D eigenvalue weighted by atomic mass is 9.88. The molecule has 1 amide bonds. The van der Waals surface area contributed by atoms with Crippen molar-refractivity contribution in [3.8, 4) is 0 Å². The number of hydrogen-bond acceptors (Lipinski definition) is 3. The lowest BCUT2D eigenvalue weighted by molar-refractivity contribution is -0.121. The predicted octanol–water partition coefficient (Wildman–Crippen LogP) is 1.71. The van der Waals surface area contributed by atoms with E-state index in [9.17, 15) is 13.2 Å². The molecule has 108 valence electrons. The summed E-state index contributed by atoms with van der Waals surface area (Å²) in [5.74, 6) is 1.43. The van der Waals surface area contributed by atoms with Gasteiger partial charge in [0, 0.05) is 11.6 Å². The highest BCUT2D eigenvalue weighted by Crippen LogP contribution is 2.48. The average Bonchev–Trinajstić information content (AvgIpc) is 3.00. The molecule has 1 aromatic rings. The quantitative estimate of drug-likeness (QED) is 0.889. The lowest BCUT2D eigenvalue weighted by Crippen LogP contribution is -2.27. The van der Waals surface area contributed by atoms with Gasteiger partial charge in [-0.05, 0) is 55.4 Å². The van der Waals surface area contributed by atoms with Crippen LogP contribution in [0.4, 0.5) is 5.69 Å². The van der Waals surface area contributed by atoms with Gasteiger partial charge in [-0.25, -0.2) is 13.6 Å². The Kier molecular flexibility index (Phi) is 3.30. The van der Waals surface area contributed by atoms with Gasteiger partial charge in [0.2, 0.25) is 15.9 Å². The maximum Gasteiger partial charge on any atom is 0.238 e. The zero-order chi connectivity index (χ0) is 14.3. The molecule has 0 aliphatic heterocycles. The topological polar surface area (TPSA) is 89.3 Å². The minimum Gasteiger partial charge on any atom is -0.326 e. The smallest absolute Gasteiger partial charge is 0.238 e. The molecule has 20 heavy (non-hydrogen) atoms. The van der Waals surface area contributed by atoms with Gasteiger partial charge in [-0.15, -0.1) is 0 Å².